The van der Waals surface area contributed by atoms with E-state index in [0.29, 0.717) is 25.7 Å². The minimum absolute atomic E-state index is 0.161. The number of rotatable bonds is 12. The zero-order valence-corrected chi connectivity index (χ0v) is 21.9. The molecule has 0 amide bonds. The number of hydrogen-bond acceptors (Lipinski definition) is 6. The Morgan fingerprint density at radius 2 is 1.69 bits per heavy atom. The molecule has 1 aliphatic rings. The molecular formula is C30H39N3O3. The molecule has 6 nitrogen and oxygen atoms in total. The predicted octanol–water partition coefficient (Wildman–Crippen LogP) is 5.41. The van der Waals surface area contributed by atoms with Gasteiger partial charge in [0.05, 0.1) is 13.2 Å². The lowest BCUT2D eigenvalue weighted by molar-refractivity contribution is 0.0845. The van der Waals surface area contributed by atoms with Gasteiger partial charge in [0.25, 0.3) is 0 Å². The van der Waals surface area contributed by atoms with Crippen molar-refractivity contribution >= 4 is 0 Å². The van der Waals surface area contributed by atoms with Crippen molar-refractivity contribution in [2.45, 2.75) is 57.3 Å². The Bertz CT molecular complexity index is 1050. The second-order valence-corrected chi connectivity index (χ2v) is 9.74. The summed E-state index contributed by atoms with van der Waals surface area (Å²) in [6.45, 7) is 7.71. The highest BCUT2D eigenvalue weighted by Gasteiger charge is 2.20. The maximum Gasteiger partial charge on any atom is 0.0552 e. The van der Waals surface area contributed by atoms with Gasteiger partial charge in [0.15, 0.2) is 0 Å². The first-order valence-corrected chi connectivity index (χ1v) is 13.1. The van der Waals surface area contributed by atoms with Crippen LogP contribution in [0.25, 0.3) is 0 Å². The van der Waals surface area contributed by atoms with Gasteiger partial charge in [-0.3, -0.25) is 15.0 Å². The van der Waals surface area contributed by atoms with E-state index < -0.39 is 0 Å². The lowest BCUT2D eigenvalue weighted by Crippen LogP contribution is -2.16. The Morgan fingerprint density at radius 1 is 0.889 bits per heavy atom. The van der Waals surface area contributed by atoms with Gasteiger partial charge in [0, 0.05) is 80.4 Å². The van der Waals surface area contributed by atoms with Crippen molar-refractivity contribution in [2.75, 3.05) is 40.1 Å². The monoisotopic (exact) mass is 489 g/mol. The molecule has 0 aromatic carbocycles. The Balaban J connectivity index is 1.47. The van der Waals surface area contributed by atoms with Crippen molar-refractivity contribution in [2.24, 2.45) is 0 Å². The lowest BCUT2D eigenvalue weighted by Gasteiger charge is -2.22. The predicted molar refractivity (Wildman–Crippen MR) is 142 cm³/mol. The van der Waals surface area contributed by atoms with Crippen LogP contribution in [0.4, 0.5) is 0 Å². The molecule has 1 fully saturated rings. The molecule has 0 N–H and O–H groups in total. The summed E-state index contributed by atoms with van der Waals surface area (Å²) in [7, 11) is 1.75. The molecule has 0 radical (unpaired) electrons. The van der Waals surface area contributed by atoms with Crippen LogP contribution in [0.1, 0.15) is 71.3 Å². The van der Waals surface area contributed by atoms with Gasteiger partial charge in [-0.15, -0.1) is 0 Å². The lowest BCUT2D eigenvalue weighted by atomic mass is 9.92. The molecule has 0 saturated carbocycles. The summed E-state index contributed by atoms with van der Waals surface area (Å²) in [6, 6.07) is 13.0. The number of pyridine rings is 3. The summed E-state index contributed by atoms with van der Waals surface area (Å²) in [6.07, 6.45) is 9.68. The maximum absolute atomic E-state index is 5.81. The molecule has 0 aliphatic carbocycles. The normalized spacial score (nSPS) is 16.1. The summed E-state index contributed by atoms with van der Waals surface area (Å²) in [4.78, 5) is 14.2. The quantitative estimate of drug-likeness (QED) is 0.339. The fourth-order valence-electron chi connectivity index (χ4n) is 4.88. The molecule has 36 heavy (non-hydrogen) atoms. The average Bonchev–Trinajstić information content (AvgIpc) is 2.92. The molecule has 3 aromatic rings. The number of methoxy groups -OCH3 is 1. The number of ether oxygens (including phenoxy) is 3. The Morgan fingerprint density at radius 3 is 2.39 bits per heavy atom. The molecular weight excluding hydrogens is 450 g/mol. The largest absolute Gasteiger partial charge is 0.384 e. The highest BCUT2D eigenvalue weighted by atomic mass is 16.5. The Kier molecular flexibility index (Phi) is 9.96. The number of aromatic nitrogens is 3. The van der Waals surface area contributed by atoms with E-state index in [9.17, 15) is 0 Å². The van der Waals surface area contributed by atoms with Crippen molar-refractivity contribution in [3.05, 3.63) is 88.8 Å². The van der Waals surface area contributed by atoms with Gasteiger partial charge in [-0.05, 0) is 80.5 Å². The molecule has 0 bridgehead atoms. The standard InChI is InChI=1S/C30H39N3O3/c1-4-35-21-27(29-7-5-22(2)18-32-29)15-23-9-12-31-30(17-23)26(20-34-3)16-24-6-8-28(33-19-24)25-10-13-36-14-11-25/h5-9,12,17-19,25-27H,4,10-11,13-16,20-21H2,1-3H3. The number of aryl methyl sites for hydroxylation is 1. The van der Waals surface area contributed by atoms with Crippen molar-refractivity contribution < 1.29 is 14.2 Å². The van der Waals surface area contributed by atoms with Crippen LogP contribution in [0, 0.1) is 6.92 Å². The molecule has 6 heteroatoms. The van der Waals surface area contributed by atoms with E-state index in [1.807, 2.05) is 25.5 Å². The van der Waals surface area contributed by atoms with Crippen LogP contribution in [0.5, 0.6) is 0 Å². The first-order valence-electron chi connectivity index (χ1n) is 13.1. The molecule has 2 atom stereocenters. The van der Waals surface area contributed by atoms with Gasteiger partial charge in [0.2, 0.25) is 0 Å². The minimum atomic E-state index is 0.161. The summed E-state index contributed by atoms with van der Waals surface area (Å²) in [5.74, 6) is 0.866. The van der Waals surface area contributed by atoms with Gasteiger partial charge >= 0.3 is 0 Å². The zero-order chi connectivity index (χ0) is 25.2. The molecule has 3 aromatic heterocycles. The first kappa shape index (κ1) is 26.4. The average molecular weight is 490 g/mol. The van der Waals surface area contributed by atoms with Crippen LogP contribution in [-0.2, 0) is 27.1 Å². The second kappa shape index (κ2) is 13.6. The molecule has 1 aliphatic heterocycles. The zero-order valence-electron chi connectivity index (χ0n) is 21.9. The van der Waals surface area contributed by atoms with E-state index >= 15 is 0 Å². The van der Waals surface area contributed by atoms with Crippen molar-refractivity contribution in [1.29, 1.82) is 0 Å². The van der Waals surface area contributed by atoms with Crippen LogP contribution >= 0.6 is 0 Å². The fourth-order valence-corrected chi connectivity index (χ4v) is 4.88. The molecule has 4 heterocycles. The Hall–Kier alpha value is -2.67. The third-order valence-corrected chi connectivity index (χ3v) is 6.96. The number of hydrogen-bond donors (Lipinski definition) is 0. The number of nitrogens with zero attached hydrogens (tertiary/aromatic N) is 3. The maximum atomic E-state index is 5.81. The van der Waals surface area contributed by atoms with Gasteiger partial charge in [0.1, 0.15) is 0 Å². The van der Waals surface area contributed by atoms with Gasteiger partial charge < -0.3 is 14.2 Å². The van der Waals surface area contributed by atoms with Crippen molar-refractivity contribution in [3.8, 4) is 0 Å². The second-order valence-electron chi connectivity index (χ2n) is 9.74. The van der Waals surface area contributed by atoms with Crippen LogP contribution in [-0.4, -0.2) is 55.1 Å². The van der Waals surface area contributed by atoms with Crippen molar-refractivity contribution in [3.63, 3.8) is 0 Å². The van der Waals surface area contributed by atoms with Crippen molar-refractivity contribution in [1.82, 2.24) is 15.0 Å². The highest BCUT2D eigenvalue weighted by Crippen LogP contribution is 2.27. The SMILES string of the molecule is CCOCC(Cc1ccnc(C(COC)Cc2ccc(C3CCOCC3)nc2)c1)c1ccc(C)cn1. The van der Waals surface area contributed by atoms with E-state index in [-0.39, 0.29) is 11.8 Å². The Labute approximate surface area is 215 Å². The smallest absolute Gasteiger partial charge is 0.0552 e. The molecule has 0 spiro atoms. The van der Waals surface area contributed by atoms with E-state index in [1.54, 1.807) is 7.11 Å². The van der Waals surface area contributed by atoms with Crippen LogP contribution in [0.15, 0.2) is 55.0 Å². The van der Waals surface area contributed by atoms with E-state index in [2.05, 4.69) is 48.3 Å². The van der Waals surface area contributed by atoms with E-state index in [4.69, 9.17) is 24.2 Å². The van der Waals surface area contributed by atoms with E-state index in [0.717, 1.165) is 55.8 Å². The first-order chi connectivity index (χ1) is 17.7. The molecule has 4 rings (SSSR count). The van der Waals surface area contributed by atoms with Gasteiger partial charge in [-0.2, -0.15) is 0 Å². The fraction of sp³-hybridized carbons (Fsp3) is 0.500. The third kappa shape index (κ3) is 7.42. The minimum Gasteiger partial charge on any atom is -0.384 e. The topological polar surface area (TPSA) is 66.4 Å². The third-order valence-electron chi connectivity index (χ3n) is 6.96. The summed E-state index contributed by atoms with van der Waals surface area (Å²) in [5, 5.41) is 0. The molecule has 192 valence electrons. The van der Waals surface area contributed by atoms with Crippen LogP contribution < -0.4 is 0 Å². The van der Waals surface area contributed by atoms with Crippen LogP contribution in [0.2, 0.25) is 0 Å². The summed E-state index contributed by atoms with van der Waals surface area (Å²) >= 11 is 0. The molecule has 2 unspecified atom stereocenters. The van der Waals surface area contributed by atoms with Crippen LogP contribution in [0.3, 0.4) is 0 Å². The highest BCUT2D eigenvalue weighted by molar-refractivity contribution is 5.26. The van der Waals surface area contributed by atoms with E-state index in [1.165, 1.54) is 16.8 Å². The van der Waals surface area contributed by atoms with Gasteiger partial charge in [-0.25, -0.2) is 0 Å². The van der Waals surface area contributed by atoms with Gasteiger partial charge in [-0.1, -0.05) is 12.1 Å². The summed E-state index contributed by atoms with van der Waals surface area (Å²) in [5.41, 5.74) is 6.90. The summed E-state index contributed by atoms with van der Waals surface area (Å²) < 4.78 is 16.9. The molecule has 1 saturated heterocycles.